The molecule has 0 fully saturated rings. The first kappa shape index (κ1) is 10.8. The minimum absolute atomic E-state index is 0.113. The summed E-state index contributed by atoms with van der Waals surface area (Å²) >= 11 is 0. The van der Waals surface area contributed by atoms with Crippen LogP contribution < -0.4 is 5.73 Å². The molecule has 0 aliphatic heterocycles. The molecule has 0 spiro atoms. The molecule has 1 aromatic carbocycles. The first-order valence-corrected chi connectivity index (χ1v) is 4.66. The largest absolute Gasteiger partial charge is 0.406 e. The zero-order valence-corrected chi connectivity index (χ0v) is 8.54. The fraction of sp³-hybridized carbons (Fsp3) is 0.300. The summed E-state index contributed by atoms with van der Waals surface area (Å²) < 4.78 is 37.9. The number of anilines is 1. The number of halogens is 3. The lowest BCUT2D eigenvalue weighted by Gasteiger charge is -2.09. The van der Waals surface area contributed by atoms with E-state index in [9.17, 15) is 13.2 Å². The average Bonchev–Trinajstić information content (AvgIpc) is 2.42. The van der Waals surface area contributed by atoms with Crippen molar-refractivity contribution >= 4 is 17.0 Å². The van der Waals surface area contributed by atoms with Crippen LogP contribution in [0.4, 0.5) is 19.1 Å². The molecule has 0 unspecified atom stereocenters. The van der Waals surface area contributed by atoms with Crippen molar-refractivity contribution in [1.29, 1.82) is 0 Å². The van der Waals surface area contributed by atoms with Gasteiger partial charge in [0, 0.05) is 0 Å². The zero-order chi connectivity index (χ0) is 11.9. The van der Waals surface area contributed by atoms with Crippen LogP contribution >= 0.6 is 0 Å². The van der Waals surface area contributed by atoms with Crippen LogP contribution in [0.1, 0.15) is 5.56 Å². The summed E-state index contributed by atoms with van der Waals surface area (Å²) in [7, 11) is 0. The second-order valence-electron chi connectivity index (χ2n) is 3.66. The van der Waals surface area contributed by atoms with Crippen LogP contribution in [0.5, 0.6) is 0 Å². The third-order valence-electron chi connectivity index (χ3n) is 2.27. The Balaban J connectivity index is 2.58. The van der Waals surface area contributed by atoms with Gasteiger partial charge < -0.3 is 10.3 Å². The van der Waals surface area contributed by atoms with E-state index in [-0.39, 0.29) is 5.95 Å². The van der Waals surface area contributed by atoms with Crippen molar-refractivity contribution in [1.82, 2.24) is 9.55 Å². The molecule has 2 rings (SSSR count). The number of nitrogens with two attached hydrogens (primary N) is 1. The standard InChI is InChI=1S/C10H10F3N3/c1-6-2-3-7-8(4-6)16(9(14)15-7)5-10(11,12)13/h2-4H,5H2,1H3,(H2,14,15). The minimum atomic E-state index is -4.30. The quantitative estimate of drug-likeness (QED) is 0.816. The van der Waals surface area contributed by atoms with Crippen LogP contribution in [0.25, 0.3) is 11.0 Å². The second-order valence-corrected chi connectivity index (χ2v) is 3.66. The van der Waals surface area contributed by atoms with E-state index >= 15 is 0 Å². The van der Waals surface area contributed by atoms with Crippen molar-refractivity contribution in [3.05, 3.63) is 23.8 Å². The summed E-state index contributed by atoms with van der Waals surface area (Å²) in [5.41, 5.74) is 7.22. The van der Waals surface area contributed by atoms with Crippen LogP contribution in [-0.2, 0) is 6.54 Å². The van der Waals surface area contributed by atoms with Crippen LogP contribution in [0, 0.1) is 6.92 Å². The van der Waals surface area contributed by atoms with Crippen LogP contribution in [0.3, 0.4) is 0 Å². The molecule has 16 heavy (non-hydrogen) atoms. The molecular formula is C10H10F3N3. The Morgan fingerprint density at radius 1 is 1.38 bits per heavy atom. The maximum Gasteiger partial charge on any atom is 0.406 e. The molecule has 0 atom stereocenters. The van der Waals surface area contributed by atoms with E-state index in [1.807, 2.05) is 0 Å². The number of alkyl halides is 3. The van der Waals surface area contributed by atoms with Gasteiger partial charge in [0.1, 0.15) is 6.54 Å². The van der Waals surface area contributed by atoms with Gasteiger partial charge in [0.2, 0.25) is 5.95 Å². The molecule has 86 valence electrons. The maximum absolute atomic E-state index is 12.3. The zero-order valence-electron chi connectivity index (χ0n) is 8.54. The van der Waals surface area contributed by atoms with Gasteiger partial charge in [-0.3, -0.25) is 0 Å². The van der Waals surface area contributed by atoms with Gasteiger partial charge >= 0.3 is 6.18 Å². The van der Waals surface area contributed by atoms with Gasteiger partial charge in [0.05, 0.1) is 11.0 Å². The monoisotopic (exact) mass is 229 g/mol. The summed E-state index contributed by atoms with van der Waals surface area (Å²) in [5, 5.41) is 0. The number of aromatic nitrogens is 2. The Morgan fingerprint density at radius 3 is 2.69 bits per heavy atom. The van der Waals surface area contributed by atoms with Crippen molar-refractivity contribution in [2.45, 2.75) is 19.6 Å². The lowest BCUT2D eigenvalue weighted by molar-refractivity contribution is -0.139. The third kappa shape index (κ3) is 1.95. The van der Waals surface area contributed by atoms with E-state index in [0.29, 0.717) is 11.0 Å². The Hall–Kier alpha value is -1.72. The predicted octanol–water partition coefficient (Wildman–Crippen LogP) is 2.49. The third-order valence-corrected chi connectivity index (χ3v) is 2.27. The Morgan fingerprint density at radius 2 is 2.06 bits per heavy atom. The van der Waals surface area contributed by atoms with E-state index in [2.05, 4.69) is 4.98 Å². The predicted molar refractivity (Wildman–Crippen MR) is 54.9 cm³/mol. The molecule has 2 N–H and O–H groups in total. The van der Waals surface area contributed by atoms with E-state index in [1.54, 1.807) is 25.1 Å². The van der Waals surface area contributed by atoms with Gasteiger partial charge in [-0.05, 0) is 24.6 Å². The highest BCUT2D eigenvalue weighted by Crippen LogP contribution is 2.25. The van der Waals surface area contributed by atoms with Crippen molar-refractivity contribution < 1.29 is 13.2 Å². The fourth-order valence-electron chi connectivity index (χ4n) is 1.60. The second kappa shape index (κ2) is 3.40. The number of rotatable bonds is 1. The minimum Gasteiger partial charge on any atom is -0.369 e. The summed E-state index contributed by atoms with van der Waals surface area (Å²) in [6, 6.07) is 5.09. The van der Waals surface area contributed by atoms with Crippen molar-refractivity contribution in [2.24, 2.45) is 0 Å². The lowest BCUT2D eigenvalue weighted by atomic mass is 10.2. The first-order chi connectivity index (χ1) is 7.37. The summed E-state index contributed by atoms with van der Waals surface area (Å²) in [6.45, 7) is 0.694. The molecule has 0 aliphatic carbocycles. The summed E-state index contributed by atoms with van der Waals surface area (Å²) in [5.74, 6) is -0.113. The molecule has 1 aromatic heterocycles. The van der Waals surface area contributed by atoms with E-state index in [0.717, 1.165) is 10.1 Å². The Kier molecular flexibility index (Phi) is 2.29. The maximum atomic E-state index is 12.3. The topological polar surface area (TPSA) is 43.8 Å². The molecule has 0 saturated carbocycles. The smallest absolute Gasteiger partial charge is 0.369 e. The fourth-order valence-corrected chi connectivity index (χ4v) is 1.60. The first-order valence-electron chi connectivity index (χ1n) is 4.66. The highest BCUT2D eigenvalue weighted by atomic mass is 19.4. The highest BCUT2D eigenvalue weighted by Gasteiger charge is 2.29. The van der Waals surface area contributed by atoms with Crippen molar-refractivity contribution in [3.8, 4) is 0 Å². The van der Waals surface area contributed by atoms with Crippen molar-refractivity contribution in [2.75, 3.05) is 5.73 Å². The average molecular weight is 229 g/mol. The summed E-state index contributed by atoms with van der Waals surface area (Å²) in [4.78, 5) is 3.88. The number of hydrogen-bond donors (Lipinski definition) is 1. The van der Waals surface area contributed by atoms with E-state index < -0.39 is 12.7 Å². The van der Waals surface area contributed by atoms with Crippen molar-refractivity contribution in [3.63, 3.8) is 0 Å². The molecule has 0 bridgehead atoms. The SMILES string of the molecule is Cc1ccc2nc(N)n(CC(F)(F)F)c2c1. The molecule has 1 heterocycles. The number of aryl methyl sites for hydroxylation is 1. The molecular weight excluding hydrogens is 219 g/mol. The number of benzene rings is 1. The van der Waals surface area contributed by atoms with Crippen LogP contribution in [0.15, 0.2) is 18.2 Å². The van der Waals surface area contributed by atoms with E-state index in [1.165, 1.54) is 0 Å². The number of fused-ring (bicyclic) bond motifs is 1. The molecule has 0 amide bonds. The van der Waals surface area contributed by atoms with Gasteiger partial charge in [-0.1, -0.05) is 6.07 Å². The molecule has 6 heteroatoms. The Bertz CT molecular complexity index is 528. The highest BCUT2D eigenvalue weighted by molar-refractivity contribution is 5.79. The van der Waals surface area contributed by atoms with Gasteiger partial charge in [-0.25, -0.2) is 4.98 Å². The van der Waals surface area contributed by atoms with Gasteiger partial charge in [-0.2, -0.15) is 13.2 Å². The molecule has 2 aromatic rings. The van der Waals surface area contributed by atoms with E-state index in [4.69, 9.17) is 5.73 Å². The number of nitrogens with zero attached hydrogens (tertiary/aromatic N) is 2. The number of nitrogen functional groups attached to an aromatic ring is 1. The molecule has 0 saturated heterocycles. The molecule has 3 nitrogen and oxygen atoms in total. The van der Waals surface area contributed by atoms with Gasteiger partial charge in [0.25, 0.3) is 0 Å². The van der Waals surface area contributed by atoms with Gasteiger partial charge in [-0.15, -0.1) is 0 Å². The summed E-state index contributed by atoms with van der Waals surface area (Å²) in [6.07, 6.45) is -4.30. The van der Waals surface area contributed by atoms with Crippen LogP contribution in [0.2, 0.25) is 0 Å². The molecule has 0 radical (unpaired) electrons. The number of imidazole rings is 1. The van der Waals surface area contributed by atoms with Crippen LogP contribution in [-0.4, -0.2) is 15.7 Å². The molecule has 0 aliphatic rings. The van der Waals surface area contributed by atoms with Gasteiger partial charge in [0.15, 0.2) is 0 Å². The Labute approximate surface area is 89.7 Å². The lowest BCUT2D eigenvalue weighted by Crippen LogP contribution is -2.19. The number of hydrogen-bond acceptors (Lipinski definition) is 2. The normalized spacial score (nSPS) is 12.2.